The van der Waals surface area contributed by atoms with E-state index in [2.05, 4.69) is 0 Å². The summed E-state index contributed by atoms with van der Waals surface area (Å²) in [6, 6.07) is -0.486. The van der Waals surface area contributed by atoms with Crippen LogP contribution >= 0.6 is 0 Å². The van der Waals surface area contributed by atoms with Gasteiger partial charge in [-0.05, 0) is 5.41 Å². The molecule has 0 aliphatic carbocycles. The van der Waals surface area contributed by atoms with E-state index in [-0.39, 0.29) is 23.1 Å². The van der Waals surface area contributed by atoms with Gasteiger partial charge in [-0.15, -0.1) is 0 Å². The van der Waals surface area contributed by atoms with Gasteiger partial charge in [-0.2, -0.15) is 0 Å². The van der Waals surface area contributed by atoms with Gasteiger partial charge in [0.2, 0.25) is 11.8 Å². The molecule has 1 aliphatic rings. The van der Waals surface area contributed by atoms with Gasteiger partial charge >= 0.3 is 0 Å². The van der Waals surface area contributed by atoms with Crippen LogP contribution in [0.3, 0.4) is 0 Å². The normalized spacial score (nSPS) is 18.7. The predicted octanol–water partition coefficient (Wildman–Crippen LogP) is 0.687. The minimum absolute atomic E-state index is 0.0101. The maximum absolute atomic E-state index is 12.3. The molecule has 0 saturated carbocycles. The average Bonchev–Trinajstić information content (AvgIpc) is 2.35. The van der Waals surface area contributed by atoms with Crippen LogP contribution in [0, 0.1) is 11.3 Å². The molecule has 0 bridgehead atoms. The van der Waals surface area contributed by atoms with Gasteiger partial charge in [0.1, 0.15) is 0 Å². The molecule has 1 atom stereocenters. The van der Waals surface area contributed by atoms with Gasteiger partial charge in [0.15, 0.2) is 0 Å². The Morgan fingerprint density at radius 1 is 0.947 bits per heavy atom. The molecular weight excluding hydrogens is 242 g/mol. The molecule has 110 valence electrons. The van der Waals surface area contributed by atoms with Gasteiger partial charge in [-0.1, -0.05) is 34.6 Å². The van der Waals surface area contributed by atoms with Crippen LogP contribution in [0.25, 0.3) is 0 Å². The molecule has 2 amide bonds. The molecule has 1 aliphatic heterocycles. The van der Waals surface area contributed by atoms with E-state index in [4.69, 9.17) is 5.73 Å². The summed E-state index contributed by atoms with van der Waals surface area (Å²) in [6.45, 7) is 12.1. The van der Waals surface area contributed by atoms with E-state index < -0.39 is 6.04 Å². The highest BCUT2D eigenvalue weighted by Crippen LogP contribution is 2.20. The van der Waals surface area contributed by atoms with Gasteiger partial charge < -0.3 is 15.5 Å². The SMILES string of the molecule is CC(C)C(=O)N1CCN(C(=O)[C@@H](N)C(C)(C)C)CC1. The quantitative estimate of drug-likeness (QED) is 0.802. The number of carbonyl (C=O) groups excluding carboxylic acids is 2. The molecule has 2 N–H and O–H groups in total. The number of hydrogen-bond donors (Lipinski definition) is 1. The number of rotatable bonds is 2. The molecule has 1 fully saturated rings. The number of nitrogens with zero attached hydrogens (tertiary/aromatic N) is 2. The molecule has 5 nitrogen and oxygen atoms in total. The molecular formula is C14H27N3O2. The molecule has 0 spiro atoms. The zero-order valence-corrected chi connectivity index (χ0v) is 12.8. The lowest BCUT2D eigenvalue weighted by Gasteiger charge is -2.38. The predicted molar refractivity (Wildman–Crippen MR) is 75.4 cm³/mol. The summed E-state index contributed by atoms with van der Waals surface area (Å²) < 4.78 is 0. The van der Waals surface area contributed by atoms with Crippen molar-refractivity contribution in [3.63, 3.8) is 0 Å². The van der Waals surface area contributed by atoms with E-state index in [0.29, 0.717) is 26.2 Å². The standard InChI is InChI=1S/C14H27N3O2/c1-10(2)12(18)16-6-8-17(9-7-16)13(19)11(15)14(3,4)5/h10-11H,6-9,15H2,1-5H3/t11-/m1/s1. The molecule has 1 rings (SSSR count). The lowest BCUT2D eigenvalue weighted by Crippen LogP contribution is -2.57. The van der Waals surface area contributed by atoms with Crippen LogP contribution in [0.2, 0.25) is 0 Å². The minimum Gasteiger partial charge on any atom is -0.339 e. The van der Waals surface area contributed by atoms with Crippen LogP contribution in [0.15, 0.2) is 0 Å². The second-order valence-electron chi connectivity index (χ2n) is 6.65. The third-order valence-electron chi connectivity index (χ3n) is 3.60. The number of nitrogens with two attached hydrogens (primary N) is 1. The summed E-state index contributed by atoms with van der Waals surface area (Å²) >= 11 is 0. The molecule has 0 radical (unpaired) electrons. The summed E-state index contributed by atoms with van der Waals surface area (Å²) in [7, 11) is 0. The second-order valence-corrected chi connectivity index (χ2v) is 6.65. The highest BCUT2D eigenvalue weighted by molar-refractivity contribution is 5.83. The van der Waals surface area contributed by atoms with Crippen molar-refractivity contribution >= 4 is 11.8 Å². The lowest BCUT2D eigenvalue weighted by molar-refractivity contribution is -0.143. The minimum atomic E-state index is -0.486. The first-order valence-corrected chi connectivity index (χ1v) is 6.97. The van der Waals surface area contributed by atoms with Gasteiger partial charge in [-0.3, -0.25) is 9.59 Å². The Balaban J connectivity index is 2.55. The van der Waals surface area contributed by atoms with Crippen molar-refractivity contribution in [1.29, 1.82) is 0 Å². The van der Waals surface area contributed by atoms with Crippen molar-refractivity contribution < 1.29 is 9.59 Å². The molecule has 1 heterocycles. The van der Waals surface area contributed by atoms with Crippen LogP contribution in [-0.2, 0) is 9.59 Å². The maximum atomic E-state index is 12.3. The summed E-state index contributed by atoms with van der Waals surface area (Å²) in [4.78, 5) is 27.7. The van der Waals surface area contributed by atoms with Gasteiger partial charge in [0.25, 0.3) is 0 Å². The molecule has 0 aromatic rings. The Hall–Kier alpha value is -1.10. The summed E-state index contributed by atoms with van der Waals surface area (Å²) in [5.74, 6) is 0.162. The monoisotopic (exact) mass is 269 g/mol. The van der Waals surface area contributed by atoms with Gasteiger partial charge in [0, 0.05) is 32.1 Å². The summed E-state index contributed by atoms with van der Waals surface area (Å²) in [5, 5.41) is 0. The first-order valence-electron chi connectivity index (χ1n) is 6.97. The third kappa shape index (κ3) is 3.93. The Kier molecular flexibility index (Phi) is 4.96. The fraction of sp³-hybridized carbons (Fsp3) is 0.857. The smallest absolute Gasteiger partial charge is 0.240 e. The van der Waals surface area contributed by atoms with Crippen LogP contribution in [0.1, 0.15) is 34.6 Å². The van der Waals surface area contributed by atoms with Crippen molar-refractivity contribution in [3.05, 3.63) is 0 Å². The Bertz CT molecular complexity index is 339. The molecule has 0 aromatic carbocycles. The molecule has 19 heavy (non-hydrogen) atoms. The Morgan fingerprint density at radius 2 is 1.32 bits per heavy atom. The average molecular weight is 269 g/mol. The molecule has 0 unspecified atom stereocenters. The summed E-state index contributed by atoms with van der Waals surface area (Å²) in [5.41, 5.74) is 5.76. The number of piperazine rings is 1. The topological polar surface area (TPSA) is 66.6 Å². The summed E-state index contributed by atoms with van der Waals surface area (Å²) in [6.07, 6.45) is 0. The fourth-order valence-electron chi connectivity index (χ4n) is 2.08. The van der Waals surface area contributed by atoms with Crippen LogP contribution in [-0.4, -0.2) is 53.8 Å². The maximum Gasteiger partial charge on any atom is 0.240 e. The second kappa shape index (κ2) is 5.90. The van der Waals surface area contributed by atoms with E-state index in [9.17, 15) is 9.59 Å². The number of hydrogen-bond acceptors (Lipinski definition) is 3. The van der Waals surface area contributed by atoms with Crippen molar-refractivity contribution in [2.45, 2.75) is 40.7 Å². The zero-order chi connectivity index (χ0) is 14.8. The largest absolute Gasteiger partial charge is 0.339 e. The first-order chi connectivity index (χ1) is 8.64. The van der Waals surface area contributed by atoms with Crippen LogP contribution in [0.4, 0.5) is 0 Å². The Labute approximate surface area is 116 Å². The van der Waals surface area contributed by atoms with E-state index >= 15 is 0 Å². The zero-order valence-electron chi connectivity index (χ0n) is 12.8. The lowest BCUT2D eigenvalue weighted by atomic mass is 9.86. The number of amides is 2. The van der Waals surface area contributed by atoms with Gasteiger partial charge in [0.05, 0.1) is 6.04 Å². The highest BCUT2D eigenvalue weighted by Gasteiger charge is 2.33. The molecule has 1 saturated heterocycles. The van der Waals surface area contributed by atoms with Crippen molar-refractivity contribution in [3.8, 4) is 0 Å². The van der Waals surface area contributed by atoms with Crippen LogP contribution < -0.4 is 5.73 Å². The van der Waals surface area contributed by atoms with E-state index in [1.165, 1.54) is 0 Å². The van der Waals surface area contributed by atoms with E-state index in [0.717, 1.165) is 0 Å². The highest BCUT2D eigenvalue weighted by atomic mass is 16.2. The first kappa shape index (κ1) is 16.0. The molecule has 5 heteroatoms. The van der Waals surface area contributed by atoms with Crippen LogP contribution in [0.5, 0.6) is 0 Å². The van der Waals surface area contributed by atoms with Crippen molar-refractivity contribution in [1.82, 2.24) is 9.80 Å². The Morgan fingerprint density at radius 3 is 1.63 bits per heavy atom. The van der Waals surface area contributed by atoms with Crippen molar-refractivity contribution in [2.75, 3.05) is 26.2 Å². The third-order valence-corrected chi connectivity index (χ3v) is 3.60. The van der Waals surface area contributed by atoms with Gasteiger partial charge in [-0.25, -0.2) is 0 Å². The van der Waals surface area contributed by atoms with Crippen molar-refractivity contribution in [2.24, 2.45) is 17.1 Å². The van der Waals surface area contributed by atoms with E-state index in [1.54, 1.807) is 4.90 Å². The molecule has 0 aromatic heterocycles. The number of carbonyl (C=O) groups is 2. The van der Waals surface area contributed by atoms with E-state index in [1.807, 2.05) is 39.5 Å². The fourth-order valence-corrected chi connectivity index (χ4v) is 2.08.